The molecular weight excluding hydrogens is 170 g/mol. The standard InChI is InChI=1S/C8H15N3O2/c1-3-6(2)11-8(13)5-10-7(12)4-9/h3,6H,1,4-5,9H2,2H3,(H,10,12)(H,11,13). The molecule has 0 aromatic rings. The molecule has 0 fully saturated rings. The number of nitrogens with two attached hydrogens (primary N) is 1. The molecule has 0 aliphatic heterocycles. The molecule has 0 aliphatic rings. The smallest absolute Gasteiger partial charge is 0.239 e. The molecule has 5 heteroatoms. The highest BCUT2D eigenvalue weighted by Crippen LogP contribution is 1.79. The van der Waals surface area contributed by atoms with Crippen molar-refractivity contribution in [2.75, 3.05) is 13.1 Å². The van der Waals surface area contributed by atoms with E-state index in [1.807, 2.05) is 0 Å². The fraction of sp³-hybridized carbons (Fsp3) is 0.500. The molecule has 0 saturated heterocycles. The van der Waals surface area contributed by atoms with Gasteiger partial charge in [0.2, 0.25) is 11.8 Å². The Morgan fingerprint density at radius 3 is 2.62 bits per heavy atom. The van der Waals surface area contributed by atoms with Gasteiger partial charge >= 0.3 is 0 Å². The molecule has 0 saturated carbocycles. The molecule has 2 amide bonds. The maximum atomic E-state index is 11.0. The minimum absolute atomic E-state index is 0.0474. The van der Waals surface area contributed by atoms with E-state index in [0.29, 0.717) is 0 Å². The molecule has 1 atom stereocenters. The van der Waals surface area contributed by atoms with Crippen molar-refractivity contribution in [2.24, 2.45) is 5.73 Å². The third kappa shape index (κ3) is 5.86. The maximum Gasteiger partial charge on any atom is 0.239 e. The first-order valence-corrected chi connectivity index (χ1v) is 3.98. The SMILES string of the molecule is C=CC(C)NC(=O)CNC(=O)CN. The summed E-state index contributed by atoms with van der Waals surface area (Å²) in [4.78, 5) is 21.7. The first-order valence-electron chi connectivity index (χ1n) is 3.98. The van der Waals surface area contributed by atoms with Gasteiger partial charge in [0.15, 0.2) is 0 Å². The van der Waals surface area contributed by atoms with Gasteiger partial charge in [0.25, 0.3) is 0 Å². The Morgan fingerprint density at radius 1 is 1.54 bits per heavy atom. The number of amides is 2. The summed E-state index contributed by atoms with van der Waals surface area (Å²) in [5.74, 6) is -0.601. The Labute approximate surface area is 77.4 Å². The summed E-state index contributed by atoms with van der Waals surface area (Å²) in [6, 6.07) is -0.0951. The average molecular weight is 185 g/mol. The molecule has 0 spiro atoms. The molecular formula is C8H15N3O2. The van der Waals surface area contributed by atoms with Gasteiger partial charge in [0.1, 0.15) is 0 Å². The predicted molar refractivity (Wildman–Crippen MR) is 49.9 cm³/mol. The zero-order valence-corrected chi connectivity index (χ0v) is 7.67. The van der Waals surface area contributed by atoms with E-state index in [9.17, 15) is 9.59 Å². The zero-order valence-electron chi connectivity index (χ0n) is 7.67. The Balaban J connectivity index is 3.63. The third-order valence-electron chi connectivity index (χ3n) is 1.37. The molecule has 5 nitrogen and oxygen atoms in total. The van der Waals surface area contributed by atoms with Crippen molar-refractivity contribution in [3.05, 3.63) is 12.7 Å². The summed E-state index contributed by atoms with van der Waals surface area (Å²) >= 11 is 0. The molecule has 0 aliphatic carbocycles. The quantitative estimate of drug-likeness (QED) is 0.468. The second kappa shape index (κ2) is 6.19. The van der Waals surface area contributed by atoms with Crippen LogP contribution in [0.2, 0.25) is 0 Å². The lowest BCUT2D eigenvalue weighted by Crippen LogP contribution is -2.41. The Bertz CT molecular complexity index is 204. The number of rotatable bonds is 5. The van der Waals surface area contributed by atoms with E-state index >= 15 is 0 Å². The largest absolute Gasteiger partial charge is 0.349 e. The zero-order chi connectivity index (χ0) is 10.3. The first kappa shape index (κ1) is 11.6. The topological polar surface area (TPSA) is 84.2 Å². The van der Waals surface area contributed by atoms with Gasteiger partial charge < -0.3 is 16.4 Å². The molecule has 74 valence electrons. The molecule has 0 rings (SSSR count). The maximum absolute atomic E-state index is 11.0. The number of hydrogen-bond acceptors (Lipinski definition) is 3. The van der Waals surface area contributed by atoms with Gasteiger partial charge in [0.05, 0.1) is 13.1 Å². The first-order chi connectivity index (χ1) is 6.10. The van der Waals surface area contributed by atoms with E-state index in [-0.39, 0.29) is 30.9 Å². The minimum atomic E-state index is -0.346. The fourth-order valence-corrected chi connectivity index (χ4v) is 0.615. The van der Waals surface area contributed by atoms with E-state index in [2.05, 4.69) is 17.2 Å². The third-order valence-corrected chi connectivity index (χ3v) is 1.37. The lowest BCUT2D eigenvalue weighted by molar-refractivity contribution is -0.125. The highest BCUT2D eigenvalue weighted by Gasteiger charge is 2.04. The van der Waals surface area contributed by atoms with Crippen LogP contribution in [0.3, 0.4) is 0 Å². The molecule has 0 aromatic carbocycles. The van der Waals surface area contributed by atoms with E-state index in [4.69, 9.17) is 5.73 Å². The van der Waals surface area contributed by atoms with Crippen LogP contribution in [-0.4, -0.2) is 30.9 Å². The Morgan fingerprint density at radius 2 is 2.15 bits per heavy atom. The summed E-state index contributed by atoms with van der Waals surface area (Å²) in [5.41, 5.74) is 5.03. The van der Waals surface area contributed by atoms with Crippen molar-refractivity contribution in [1.82, 2.24) is 10.6 Å². The van der Waals surface area contributed by atoms with Gasteiger partial charge in [-0.1, -0.05) is 6.08 Å². The lowest BCUT2D eigenvalue weighted by atomic mass is 10.3. The summed E-state index contributed by atoms with van der Waals surface area (Å²) in [7, 11) is 0. The number of carbonyl (C=O) groups is 2. The van der Waals surface area contributed by atoms with Crippen molar-refractivity contribution in [2.45, 2.75) is 13.0 Å². The molecule has 0 bridgehead atoms. The van der Waals surface area contributed by atoms with E-state index in [1.54, 1.807) is 13.0 Å². The van der Waals surface area contributed by atoms with Gasteiger partial charge in [-0.2, -0.15) is 0 Å². The summed E-state index contributed by atoms with van der Waals surface area (Å²) in [5, 5.41) is 4.95. The minimum Gasteiger partial charge on any atom is -0.349 e. The number of nitrogens with one attached hydrogen (secondary N) is 2. The molecule has 4 N–H and O–H groups in total. The van der Waals surface area contributed by atoms with E-state index < -0.39 is 0 Å². The van der Waals surface area contributed by atoms with Crippen molar-refractivity contribution in [3.8, 4) is 0 Å². The summed E-state index contributed by atoms with van der Waals surface area (Å²) < 4.78 is 0. The molecule has 13 heavy (non-hydrogen) atoms. The molecule has 0 aromatic heterocycles. The molecule has 1 unspecified atom stereocenters. The van der Waals surface area contributed by atoms with Crippen LogP contribution in [0.15, 0.2) is 12.7 Å². The van der Waals surface area contributed by atoms with Crippen LogP contribution in [0.1, 0.15) is 6.92 Å². The predicted octanol–water partition coefficient (Wildman–Crippen LogP) is -1.25. The van der Waals surface area contributed by atoms with Crippen LogP contribution in [-0.2, 0) is 9.59 Å². The van der Waals surface area contributed by atoms with Crippen LogP contribution < -0.4 is 16.4 Å². The summed E-state index contributed by atoms with van der Waals surface area (Å²) in [6.07, 6.45) is 1.60. The van der Waals surface area contributed by atoms with Gasteiger partial charge in [-0.25, -0.2) is 0 Å². The highest BCUT2D eigenvalue weighted by atomic mass is 16.2. The van der Waals surface area contributed by atoms with Crippen LogP contribution in [0, 0.1) is 0 Å². The van der Waals surface area contributed by atoms with E-state index in [0.717, 1.165) is 0 Å². The van der Waals surface area contributed by atoms with Crippen LogP contribution in [0.5, 0.6) is 0 Å². The Hall–Kier alpha value is -1.36. The normalized spacial score (nSPS) is 11.5. The van der Waals surface area contributed by atoms with Gasteiger partial charge in [0, 0.05) is 6.04 Å². The second-order valence-electron chi connectivity index (χ2n) is 2.57. The van der Waals surface area contributed by atoms with Crippen molar-refractivity contribution < 1.29 is 9.59 Å². The fourth-order valence-electron chi connectivity index (χ4n) is 0.615. The van der Waals surface area contributed by atoms with Gasteiger partial charge in [-0.05, 0) is 6.92 Å². The van der Waals surface area contributed by atoms with E-state index in [1.165, 1.54) is 0 Å². The van der Waals surface area contributed by atoms with Gasteiger partial charge in [-0.3, -0.25) is 9.59 Å². The van der Waals surface area contributed by atoms with Crippen molar-refractivity contribution in [1.29, 1.82) is 0 Å². The van der Waals surface area contributed by atoms with Crippen LogP contribution >= 0.6 is 0 Å². The van der Waals surface area contributed by atoms with Gasteiger partial charge in [-0.15, -0.1) is 6.58 Å². The van der Waals surface area contributed by atoms with Crippen molar-refractivity contribution >= 4 is 11.8 Å². The summed E-state index contributed by atoms with van der Waals surface area (Å²) in [6.45, 7) is 5.14. The lowest BCUT2D eigenvalue weighted by Gasteiger charge is -2.09. The number of hydrogen-bond donors (Lipinski definition) is 3. The van der Waals surface area contributed by atoms with Crippen molar-refractivity contribution in [3.63, 3.8) is 0 Å². The monoisotopic (exact) mass is 185 g/mol. The molecule has 0 radical (unpaired) electrons. The average Bonchev–Trinajstić information content (AvgIpc) is 2.13. The van der Waals surface area contributed by atoms with Crippen LogP contribution in [0.25, 0.3) is 0 Å². The Kier molecular flexibility index (Phi) is 5.54. The molecule has 0 heterocycles. The van der Waals surface area contributed by atoms with Crippen LogP contribution in [0.4, 0.5) is 0 Å². The highest BCUT2D eigenvalue weighted by molar-refractivity contribution is 5.85. The second-order valence-corrected chi connectivity index (χ2v) is 2.57. The number of carbonyl (C=O) groups excluding carboxylic acids is 2.